The molecule has 1 saturated heterocycles. The molecule has 0 aliphatic carbocycles. The molecule has 1 aromatic rings. The van der Waals surface area contributed by atoms with E-state index < -0.39 is 50.3 Å². The first kappa shape index (κ1) is 22.4. The van der Waals surface area contributed by atoms with E-state index in [-0.39, 0.29) is 23.6 Å². The Morgan fingerprint density at radius 3 is 2.54 bits per heavy atom. The standard InChI is InChI=1S/C16H25N2O9P/c1-8-13(20)14(21)12(5-6-28(23,24)25)27-15(8)26-9-3-4-10(11(19)7-9)18-16(22)17-2/h3-4,7-8,12-15,19-21H,5-6H2,1-2H3,(H2,17,18,22)(H2,23,24,25)/t8-,12+,13+,14+,15-/m0/s1. The molecular formula is C16H25N2O9P. The minimum absolute atomic E-state index is 0.152. The van der Waals surface area contributed by atoms with Crippen LogP contribution in [0.25, 0.3) is 0 Å². The number of anilines is 1. The predicted molar refractivity (Wildman–Crippen MR) is 98.2 cm³/mol. The molecule has 1 aliphatic rings. The molecule has 7 N–H and O–H groups in total. The van der Waals surface area contributed by atoms with Crippen molar-refractivity contribution in [1.82, 2.24) is 5.32 Å². The summed E-state index contributed by atoms with van der Waals surface area (Å²) in [5.41, 5.74) is 0.152. The van der Waals surface area contributed by atoms with Gasteiger partial charge < -0.3 is 45.2 Å². The van der Waals surface area contributed by atoms with Gasteiger partial charge in [-0.15, -0.1) is 0 Å². The van der Waals surface area contributed by atoms with Crippen LogP contribution in [0, 0.1) is 5.92 Å². The second-order valence-corrected chi connectivity index (χ2v) is 8.34. The lowest BCUT2D eigenvalue weighted by molar-refractivity contribution is -0.250. The number of amides is 2. The highest BCUT2D eigenvalue weighted by Gasteiger charge is 2.43. The number of hydrogen-bond donors (Lipinski definition) is 7. The van der Waals surface area contributed by atoms with Crippen molar-refractivity contribution in [2.75, 3.05) is 18.5 Å². The number of aliphatic hydroxyl groups is 2. The van der Waals surface area contributed by atoms with E-state index in [4.69, 9.17) is 19.3 Å². The monoisotopic (exact) mass is 420 g/mol. The van der Waals surface area contributed by atoms with Crippen LogP contribution in [0.3, 0.4) is 0 Å². The third kappa shape index (κ3) is 5.81. The van der Waals surface area contributed by atoms with E-state index in [1.165, 1.54) is 25.2 Å². The topological polar surface area (TPSA) is 178 Å². The highest BCUT2D eigenvalue weighted by molar-refractivity contribution is 7.51. The van der Waals surface area contributed by atoms with Gasteiger partial charge in [-0.25, -0.2) is 4.79 Å². The zero-order valence-corrected chi connectivity index (χ0v) is 16.2. The Hall–Kier alpha value is -1.88. The van der Waals surface area contributed by atoms with Crippen molar-refractivity contribution in [1.29, 1.82) is 0 Å². The number of urea groups is 1. The van der Waals surface area contributed by atoms with E-state index in [1.807, 2.05) is 0 Å². The zero-order chi connectivity index (χ0) is 21.1. The number of phenols is 1. The average Bonchev–Trinajstić information content (AvgIpc) is 2.62. The lowest BCUT2D eigenvalue weighted by Crippen LogP contribution is -2.55. The zero-order valence-electron chi connectivity index (χ0n) is 15.3. The Morgan fingerprint density at radius 2 is 1.96 bits per heavy atom. The fourth-order valence-corrected chi connectivity index (χ4v) is 3.34. The van der Waals surface area contributed by atoms with Crippen molar-refractivity contribution < 1.29 is 43.9 Å². The van der Waals surface area contributed by atoms with E-state index in [0.29, 0.717) is 0 Å². The molecule has 2 rings (SSSR count). The number of rotatable bonds is 6. The normalized spacial score (nSPS) is 27.9. The summed E-state index contributed by atoms with van der Waals surface area (Å²) in [5, 5.41) is 35.1. The van der Waals surface area contributed by atoms with E-state index in [0.717, 1.165) is 0 Å². The van der Waals surface area contributed by atoms with Crippen LogP contribution in [-0.2, 0) is 9.30 Å². The lowest BCUT2D eigenvalue weighted by atomic mass is 9.91. The minimum atomic E-state index is -4.29. The molecule has 11 nitrogen and oxygen atoms in total. The number of phenolic OH excluding ortho intramolecular Hbond substituents is 1. The highest BCUT2D eigenvalue weighted by atomic mass is 31.2. The Kier molecular flexibility index (Phi) is 7.27. The smallest absolute Gasteiger partial charge is 0.325 e. The Labute approximate surface area is 161 Å². The Morgan fingerprint density at radius 1 is 1.29 bits per heavy atom. The van der Waals surface area contributed by atoms with Gasteiger partial charge in [0.1, 0.15) is 17.6 Å². The molecule has 0 saturated carbocycles. The summed E-state index contributed by atoms with van der Waals surface area (Å²) >= 11 is 0. The van der Waals surface area contributed by atoms with Gasteiger partial charge in [-0.05, 0) is 18.6 Å². The van der Waals surface area contributed by atoms with E-state index in [1.54, 1.807) is 6.92 Å². The van der Waals surface area contributed by atoms with Crippen molar-refractivity contribution >= 4 is 19.3 Å². The number of hydrogen-bond acceptors (Lipinski definition) is 7. The fraction of sp³-hybridized carbons (Fsp3) is 0.562. The number of nitrogens with one attached hydrogen (secondary N) is 2. The van der Waals surface area contributed by atoms with Crippen molar-refractivity contribution in [3.05, 3.63) is 18.2 Å². The number of carbonyl (C=O) groups excluding carboxylic acids is 1. The molecule has 1 aliphatic heterocycles. The molecule has 1 fully saturated rings. The molecule has 2 amide bonds. The number of benzene rings is 1. The quantitative estimate of drug-likeness (QED) is 0.250. The van der Waals surface area contributed by atoms with Gasteiger partial charge in [-0.2, -0.15) is 0 Å². The average molecular weight is 420 g/mol. The lowest BCUT2D eigenvalue weighted by Gasteiger charge is -2.41. The largest absolute Gasteiger partial charge is 0.506 e. The van der Waals surface area contributed by atoms with Crippen LogP contribution >= 0.6 is 7.60 Å². The van der Waals surface area contributed by atoms with Gasteiger partial charge in [-0.3, -0.25) is 4.57 Å². The summed E-state index contributed by atoms with van der Waals surface area (Å²) in [7, 11) is -2.87. The fourth-order valence-electron chi connectivity index (χ4n) is 2.75. The van der Waals surface area contributed by atoms with Gasteiger partial charge in [0.25, 0.3) is 0 Å². The van der Waals surface area contributed by atoms with Crippen molar-refractivity contribution in [2.24, 2.45) is 5.92 Å². The van der Waals surface area contributed by atoms with Gasteiger partial charge in [-0.1, -0.05) is 6.92 Å². The van der Waals surface area contributed by atoms with E-state index >= 15 is 0 Å². The Balaban J connectivity index is 2.09. The van der Waals surface area contributed by atoms with Crippen LogP contribution in [0.4, 0.5) is 10.5 Å². The molecular weight excluding hydrogens is 395 g/mol. The van der Waals surface area contributed by atoms with Crippen molar-refractivity contribution in [3.63, 3.8) is 0 Å². The molecule has 1 aromatic carbocycles. The first-order chi connectivity index (χ1) is 13.0. The predicted octanol–water partition coefficient (Wildman–Crippen LogP) is 0.173. The second kappa shape index (κ2) is 9.08. The molecule has 158 valence electrons. The molecule has 0 aromatic heterocycles. The third-order valence-corrected chi connectivity index (χ3v) is 5.25. The molecule has 1 heterocycles. The molecule has 0 bridgehead atoms. The number of aromatic hydroxyl groups is 1. The molecule has 12 heteroatoms. The first-order valence-electron chi connectivity index (χ1n) is 8.56. The van der Waals surface area contributed by atoms with Crippen LogP contribution in [0.5, 0.6) is 11.5 Å². The van der Waals surface area contributed by atoms with Crippen molar-refractivity contribution in [3.8, 4) is 11.5 Å². The maximum atomic E-state index is 11.3. The maximum Gasteiger partial charge on any atom is 0.325 e. The Bertz CT molecular complexity index is 741. The summed E-state index contributed by atoms with van der Waals surface area (Å²) in [4.78, 5) is 29.3. The molecule has 5 atom stereocenters. The molecule has 0 radical (unpaired) electrons. The summed E-state index contributed by atoms with van der Waals surface area (Å²) < 4.78 is 22.3. The highest BCUT2D eigenvalue weighted by Crippen LogP contribution is 2.38. The number of carbonyl (C=O) groups is 1. The third-order valence-electron chi connectivity index (χ3n) is 4.41. The van der Waals surface area contributed by atoms with Gasteiger partial charge in [0.15, 0.2) is 0 Å². The first-order valence-corrected chi connectivity index (χ1v) is 10.4. The van der Waals surface area contributed by atoms with Crippen LogP contribution in [0.15, 0.2) is 18.2 Å². The van der Waals surface area contributed by atoms with Crippen LogP contribution in [-0.4, -0.2) is 68.9 Å². The summed E-state index contributed by atoms with van der Waals surface area (Å²) in [6.45, 7) is 1.58. The van der Waals surface area contributed by atoms with Crippen LogP contribution in [0.2, 0.25) is 0 Å². The molecule has 0 spiro atoms. The SMILES string of the molecule is CNC(=O)Nc1ccc(O[C@H]2O[C@H](CCP(=O)(O)O)[C@@H](O)[C@H](O)[C@@H]2C)cc1O. The van der Waals surface area contributed by atoms with E-state index in [9.17, 15) is 24.7 Å². The van der Waals surface area contributed by atoms with E-state index in [2.05, 4.69) is 10.6 Å². The van der Waals surface area contributed by atoms with Crippen LogP contribution in [0.1, 0.15) is 13.3 Å². The number of aliphatic hydroxyl groups excluding tert-OH is 2. The molecule has 28 heavy (non-hydrogen) atoms. The van der Waals surface area contributed by atoms with Gasteiger partial charge in [0.2, 0.25) is 6.29 Å². The van der Waals surface area contributed by atoms with Crippen LogP contribution < -0.4 is 15.4 Å². The summed E-state index contributed by atoms with van der Waals surface area (Å²) in [5.74, 6) is -0.746. The number of ether oxygens (including phenoxy) is 2. The molecule has 0 unspecified atom stereocenters. The van der Waals surface area contributed by atoms with Gasteiger partial charge in [0, 0.05) is 19.0 Å². The van der Waals surface area contributed by atoms with Gasteiger partial charge >= 0.3 is 13.6 Å². The van der Waals surface area contributed by atoms with Gasteiger partial charge in [0.05, 0.1) is 24.1 Å². The van der Waals surface area contributed by atoms with Crippen molar-refractivity contribution in [2.45, 2.75) is 37.9 Å². The summed E-state index contributed by atoms with van der Waals surface area (Å²) in [6.07, 6.45) is -5.31. The maximum absolute atomic E-state index is 11.3. The summed E-state index contributed by atoms with van der Waals surface area (Å²) in [6, 6.07) is 3.59. The minimum Gasteiger partial charge on any atom is -0.506 e. The second-order valence-electron chi connectivity index (χ2n) is 6.56.